The zero-order valence-electron chi connectivity index (χ0n) is 16.9. The second kappa shape index (κ2) is 9.07. The van der Waals surface area contributed by atoms with Crippen LogP contribution in [-0.2, 0) is 10.2 Å². The first-order valence-corrected chi connectivity index (χ1v) is 10.2. The SMILES string of the molecule is CC[C@H](C)NC(=O)CSc1nc(-c2ccc(C(C)(C)C)cc2)c(C#N)c(=O)[nH]1. The van der Waals surface area contributed by atoms with E-state index in [4.69, 9.17) is 0 Å². The number of aromatic nitrogens is 2. The summed E-state index contributed by atoms with van der Waals surface area (Å²) in [5, 5.41) is 12.6. The lowest BCUT2D eigenvalue weighted by atomic mass is 9.86. The second-order valence-corrected chi connectivity index (χ2v) is 8.66. The highest BCUT2D eigenvalue weighted by Gasteiger charge is 2.17. The summed E-state index contributed by atoms with van der Waals surface area (Å²) in [6, 6.07) is 9.73. The summed E-state index contributed by atoms with van der Waals surface area (Å²) in [5.74, 6) is 0.0177. The molecule has 7 heteroatoms. The van der Waals surface area contributed by atoms with Crippen molar-refractivity contribution in [2.45, 2.75) is 57.7 Å². The van der Waals surface area contributed by atoms with Crippen LogP contribution >= 0.6 is 11.8 Å². The average molecular weight is 399 g/mol. The van der Waals surface area contributed by atoms with E-state index in [1.54, 1.807) is 0 Å². The third kappa shape index (κ3) is 5.46. The fourth-order valence-electron chi connectivity index (χ4n) is 2.51. The number of amides is 1. The van der Waals surface area contributed by atoms with Crippen LogP contribution in [0.3, 0.4) is 0 Å². The van der Waals surface area contributed by atoms with Gasteiger partial charge in [0.05, 0.1) is 11.4 Å². The van der Waals surface area contributed by atoms with E-state index in [1.165, 1.54) is 0 Å². The molecule has 2 rings (SSSR count). The molecule has 0 aliphatic rings. The van der Waals surface area contributed by atoms with E-state index in [2.05, 4.69) is 36.1 Å². The fraction of sp³-hybridized carbons (Fsp3) is 0.429. The van der Waals surface area contributed by atoms with Gasteiger partial charge in [-0.2, -0.15) is 5.26 Å². The first-order chi connectivity index (χ1) is 13.2. The molecule has 0 saturated carbocycles. The molecular weight excluding hydrogens is 372 g/mol. The van der Waals surface area contributed by atoms with E-state index in [-0.39, 0.29) is 28.7 Å². The lowest BCUT2D eigenvalue weighted by molar-refractivity contribution is -0.119. The van der Waals surface area contributed by atoms with E-state index >= 15 is 0 Å². The molecule has 148 valence electrons. The largest absolute Gasteiger partial charge is 0.353 e. The quantitative estimate of drug-likeness (QED) is 0.572. The molecule has 1 amide bonds. The summed E-state index contributed by atoms with van der Waals surface area (Å²) >= 11 is 1.14. The van der Waals surface area contributed by atoms with Crippen LogP contribution in [0.4, 0.5) is 0 Å². The third-order valence-corrected chi connectivity index (χ3v) is 5.27. The van der Waals surface area contributed by atoms with Crippen molar-refractivity contribution >= 4 is 17.7 Å². The van der Waals surface area contributed by atoms with Crippen molar-refractivity contribution in [3.63, 3.8) is 0 Å². The van der Waals surface area contributed by atoms with E-state index in [0.29, 0.717) is 16.4 Å². The molecule has 0 unspecified atom stereocenters. The number of nitrogens with zero attached hydrogens (tertiary/aromatic N) is 2. The molecule has 0 radical (unpaired) electrons. The molecular formula is C21H26N4O2S. The Hall–Kier alpha value is -2.59. The van der Waals surface area contributed by atoms with Crippen LogP contribution < -0.4 is 10.9 Å². The number of benzene rings is 1. The predicted molar refractivity (Wildman–Crippen MR) is 112 cm³/mol. The van der Waals surface area contributed by atoms with Crippen LogP contribution in [0.15, 0.2) is 34.2 Å². The molecule has 1 atom stereocenters. The van der Waals surface area contributed by atoms with Gasteiger partial charge in [0.25, 0.3) is 5.56 Å². The van der Waals surface area contributed by atoms with Gasteiger partial charge in [0.2, 0.25) is 5.91 Å². The zero-order valence-corrected chi connectivity index (χ0v) is 17.7. The van der Waals surface area contributed by atoms with Crippen LogP contribution in [0.1, 0.15) is 52.2 Å². The maximum absolute atomic E-state index is 12.3. The standard InChI is InChI=1S/C21H26N4O2S/c1-6-13(2)23-17(26)12-28-20-24-18(16(11-22)19(27)25-20)14-7-9-15(10-8-14)21(3,4)5/h7-10,13H,6,12H2,1-5H3,(H,23,26)(H,24,25,27)/t13-/m0/s1. The predicted octanol–water partition coefficient (Wildman–Crippen LogP) is 3.61. The third-order valence-electron chi connectivity index (χ3n) is 4.39. The van der Waals surface area contributed by atoms with Gasteiger partial charge in [0.15, 0.2) is 5.16 Å². The van der Waals surface area contributed by atoms with Crippen LogP contribution in [0.2, 0.25) is 0 Å². The zero-order chi connectivity index (χ0) is 20.9. The summed E-state index contributed by atoms with van der Waals surface area (Å²) in [6.45, 7) is 10.3. The van der Waals surface area contributed by atoms with E-state index in [9.17, 15) is 14.9 Å². The topological polar surface area (TPSA) is 98.6 Å². The highest BCUT2D eigenvalue weighted by Crippen LogP contribution is 2.27. The molecule has 0 aliphatic heterocycles. The molecule has 0 aliphatic carbocycles. The van der Waals surface area contributed by atoms with Gasteiger partial charge in [0, 0.05) is 11.6 Å². The maximum atomic E-state index is 12.3. The van der Waals surface area contributed by atoms with Gasteiger partial charge in [-0.05, 0) is 24.3 Å². The van der Waals surface area contributed by atoms with Crippen molar-refractivity contribution in [3.05, 3.63) is 45.7 Å². The number of H-pyrrole nitrogens is 1. The highest BCUT2D eigenvalue weighted by molar-refractivity contribution is 7.99. The summed E-state index contributed by atoms with van der Waals surface area (Å²) in [6.07, 6.45) is 0.844. The van der Waals surface area contributed by atoms with Crippen molar-refractivity contribution in [3.8, 4) is 17.3 Å². The maximum Gasteiger partial charge on any atom is 0.270 e. The van der Waals surface area contributed by atoms with Crippen LogP contribution in [0.25, 0.3) is 11.3 Å². The molecule has 0 spiro atoms. The Morgan fingerprint density at radius 3 is 2.50 bits per heavy atom. The first-order valence-electron chi connectivity index (χ1n) is 9.23. The molecule has 0 saturated heterocycles. The lowest BCUT2D eigenvalue weighted by Crippen LogP contribution is -2.33. The molecule has 0 fully saturated rings. The number of nitrogens with one attached hydrogen (secondary N) is 2. The van der Waals surface area contributed by atoms with E-state index in [0.717, 1.165) is 23.7 Å². The Morgan fingerprint density at radius 2 is 1.96 bits per heavy atom. The smallest absolute Gasteiger partial charge is 0.270 e. The molecule has 1 aromatic carbocycles. The minimum atomic E-state index is -0.503. The Bertz CT molecular complexity index is 937. The van der Waals surface area contributed by atoms with Crippen molar-refractivity contribution in [1.29, 1.82) is 5.26 Å². The molecule has 1 heterocycles. The highest BCUT2D eigenvalue weighted by atomic mass is 32.2. The van der Waals surface area contributed by atoms with Gasteiger partial charge >= 0.3 is 0 Å². The minimum Gasteiger partial charge on any atom is -0.353 e. The fourth-order valence-corrected chi connectivity index (χ4v) is 3.19. The number of aromatic amines is 1. The Labute approximate surface area is 169 Å². The summed E-state index contributed by atoms with van der Waals surface area (Å²) < 4.78 is 0. The number of hydrogen-bond donors (Lipinski definition) is 2. The van der Waals surface area contributed by atoms with Crippen molar-refractivity contribution in [2.75, 3.05) is 5.75 Å². The Morgan fingerprint density at radius 1 is 1.32 bits per heavy atom. The van der Waals surface area contributed by atoms with Crippen LogP contribution in [-0.4, -0.2) is 27.7 Å². The van der Waals surface area contributed by atoms with Gasteiger partial charge in [0.1, 0.15) is 11.6 Å². The van der Waals surface area contributed by atoms with Crippen molar-refractivity contribution in [1.82, 2.24) is 15.3 Å². The second-order valence-electron chi connectivity index (χ2n) is 7.70. The normalized spacial score (nSPS) is 12.3. The van der Waals surface area contributed by atoms with Crippen LogP contribution in [0, 0.1) is 11.3 Å². The number of nitriles is 1. The number of rotatable bonds is 6. The van der Waals surface area contributed by atoms with E-state index < -0.39 is 5.56 Å². The van der Waals surface area contributed by atoms with Crippen molar-refractivity contribution in [2.24, 2.45) is 0 Å². The molecule has 2 N–H and O–H groups in total. The van der Waals surface area contributed by atoms with Crippen LogP contribution in [0.5, 0.6) is 0 Å². The molecule has 1 aromatic heterocycles. The van der Waals surface area contributed by atoms with Gasteiger partial charge in [-0.15, -0.1) is 0 Å². The number of thioether (sulfide) groups is 1. The van der Waals surface area contributed by atoms with Gasteiger partial charge in [-0.1, -0.05) is 63.7 Å². The van der Waals surface area contributed by atoms with Crippen molar-refractivity contribution < 1.29 is 4.79 Å². The van der Waals surface area contributed by atoms with Gasteiger partial charge in [-0.25, -0.2) is 4.98 Å². The Kier molecular flexibility index (Phi) is 7.03. The molecule has 28 heavy (non-hydrogen) atoms. The van der Waals surface area contributed by atoms with Gasteiger partial charge in [-0.3, -0.25) is 9.59 Å². The first kappa shape index (κ1) is 21.7. The minimum absolute atomic E-state index is 0.00216. The Balaban J connectivity index is 2.31. The van der Waals surface area contributed by atoms with Gasteiger partial charge < -0.3 is 10.3 Å². The molecule has 0 bridgehead atoms. The number of carbonyl (C=O) groups is 1. The number of hydrogen-bond acceptors (Lipinski definition) is 5. The molecule has 6 nitrogen and oxygen atoms in total. The number of carbonyl (C=O) groups excluding carboxylic acids is 1. The lowest BCUT2D eigenvalue weighted by Gasteiger charge is -2.19. The summed E-state index contributed by atoms with van der Waals surface area (Å²) in [4.78, 5) is 31.3. The summed E-state index contributed by atoms with van der Waals surface area (Å²) in [5.41, 5.74) is 1.64. The average Bonchev–Trinajstić information content (AvgIpc) is 2.65. The summed E-state index contributed by atoms with van der Waals surface area (Å²) in [7, 11) is 0. The molecule has 2 aromatic rings. The monoisotopic (exact) mass is 398 g/mol. The van der Waals surface area contributed by atoms with E-state index in [1.807, 2.05) is 44.2 Å².